The number of ether oxygens (including phenoxy) is 1. The third kappa shape index (κ3) is 2.43. The van der Waals surface area contributed by atoms with E-state index in [1.807, 2.05) is 12.1 Å². The van der Waals surface area contributed by atoms with Crippen molar-refractivity contribution in [1.29, 1.82) is 5.26 Å². The van der Waals surface area contributed by atoms with E-state index in [4.69, 9.17) is 4.74 Å². The van der Waals surface area contributed by atoms with Gasteiger partial charge in [-0.1, -0.05) is 12.5 Å². The van der Waals surface area contributed by atoms with Gasteiger partial charge >= 0.3 is 0 Å². The minimum atomic E-state index is -0.343. The third-order valence-corrected chi connectivity index (χ3v) is 4.88. The van der Waals surface area contributed by atoms with Crippen LogP contribution in [-0.2, 0) is 0 Å². The average molecular weight is 318 g/mol. The van der Waals surface area contributed by atoms with Crippen LogP contribution in [0.2, 0.25) is 0 Å². The Bertz CT molecular complexity index is 912. The fourth-order valence-corrected chi connectivity index (χ4v) is 3.69. The zero-order chi connectivity index (χ0) is 16.6. The summed E-state index contributed by atoms with van der Waals surface area (Å²) in [6, 6.07) is 12.7. The minimum absolute atomic E-state index is 0.0788. The Morgan fingerprint density at radius 2 is 1.96 bits per heavy atom. The standard InChI is InChI=1S/C20H18N2O2/c21-14-15-7-8-18-16(12-15)17(22-11-5-2-6-19(22)23)13-20(24-18)9-3-1-4-10-20/h2,5-8,11-13H,1,3-4,9-10H2. The number of pyridine rings is 1. The molecular weight excluding hydrogens is 300 g/mol. The van der Waals surface area contributed by atoms with E-state index in [1.54, 1.807) is 35.0 Å². The quantitative estimate of drug-likeness (QED) is 0.805. The normalized spacial score (nSPS) is 18.2. The van der Waals surface area contributed by atoms with Gasteiger partial charge < -0.3 is 4.74 Å². The molecule has 0 bridgehead atoms. The molecule has 1 saturated carbocycles. The summed E-state index contributed by atoms with van der Waals surface area (Å²) in [5.41, 5.74) is 1.76. The van der Waals surface area contributed by atoms with Crippen LogP contribution in [0.25, 0.3) is 5.70 Å². The Morgan fingerprint density at radius 3 is 2.71 bits per heavy atom. The van der Waals surface area contributed by atoms with E-state index in [9.17, 15) is 10.1 Å². The molecule has 24 heavy (non-hydrogen) atoms. The smallest absolute Gasteiger partial charge is 0.255 e. The second-order valence-electron chi connectivity index (χ2n) is 6.49. The average Bonchev–Trinajstić information content (AvgIpc) is 2.62. The summed E-state index contributed by atoms with van der Waals surface area (Å²) in [6.45, 7) is 0. The Hall–Kier alpha value is -2.80. The van der Waals surface area contributed by atoms with Crippen molar-refractivity contribution < 1.29 is 4.74 Å². The molecule has 0 unspecified atom stereocenters. The van der Waals surface area contributed by atoms with Crippen LogP contribution in [0.5, 0.6) is 5.75 Å². The molecule has 0 amide bonds. The largest absolute Gasteiger partial charge is 0.482 e. The number of hydrogen-bond donors (Lipinski definition) is 0. The topological polar surface area (TPSA) is 55.0 Å². The summed E-state index contributed by atoms with van der Waals surface area (Å²) < 4.78 is 8.00. The summed E-state index contributed by atoms with van der Waals surface area (Å²) >= 11 is 0. The molecule has 4 rings (SSSR count). The Labute approximate surface area is 140 Å². The van der Waals surface area contributed by atoms with Crippen LogP contribution in [0.15, 0.2) is 53.5 Å². The van der Waals surface area contributed by atoms with Gasteiger partial charge in [0.1, 0.15) is 11.4 Å². The second-order valence-corrected chi connectivity index (χ2v) is 6.49. The maximum atomic E-state index is 12.4. The number of fused-ring (bicyclic) bond motifs is 1. The van der Waals surface area contributed by atoms with Gasteiger partial charge in [0.15, 0.2) is 0 Å². The predicted molar refractivity (Wildman–Crippen MR) is 91.7 cm³/mol. The fraction of sp³-hybridized carbons (Fsp3) is 0.300. The van der Waals surface area contributed by atoms with E-state index >= 15 is 0 Å². The van der Waals surface area contributed by atoms with Gasteiger partial charge in [0.2, 0.25) is 0 Å². The SMILES string of the molecule is N#Cc1ccc2c(c1)C(n1ccccc1=O)=CC1(CCCCC1)O2. The van der Waals surface area contributed by atoms with E-state index in [0.29, 0.717) is 5.56 Å². The first kappa shape index (κ1) is 14.8. The molecule has 1 aliphatic carbocycles. The molecule has 0 radical (unpaired) electrons. The summed E-state index contributed by atoms with van der Waals surface area (Å²) in [6.07, 6.45) is 9.25. The van der Waals surface area contributed by atoms with Crippen molar-refractivity contribution in [2.45, 2.75) is 37.7 Å². The van der Waals surface area contributed by atoms with Crippen LogP contribution in [0, 0.1) is 11.3 Å². The lowest BCUT2D eigenvalue weighted by molar-refractivity contribution is 0.0740. The van der Waals surface area contributed by atoms with Gasteiger partial charge in [0.05, 0.1) is 17.3 Å². The summed E-state index contributed by atoms with van der Waals surface area (Å²) in [4.78, 5) is 12.4. The molecule has 2 aromatic rings. The molecule has 4 nitrogen and oxygen atoms in total. The van der Waals surface area contributed by atoms with Crippen LogP contribution >= 0.6 is 0 Å². The molecule has 2 aliphatic rings. The summed E-state index contributed by atoms with van der Waals surface area (Å²) in [5, 5.41) is 9.21. The van der Waals surface area contributed by atoms with Gasteiger partial charge in [-0.05, 0) is 56.0 Å². The fourth-order valence-electron chi connectivity index (χ4n) is 3.69. The number of benzene rings is 1. The first-order valence-electron chi connectivity index (χ1n) is 8.35. The molecule has 1 spiro atoms. The molecule has 4 heteroatoms. The van der Waals surface area contributed by atoms with Crippen LogP contribution < -0.4 is 10.3 Å². The zero-order valence-corrected chi connectivity index (χ0v) is 13.4. The predicted octanol–water partition coefficient (Wildman–Crippen LogP) is 3.70. The van der Waals surface area contributed by atoms with Gasteiger partial charge in [-0.15, -0.1) is 0 Å². The maximum Gasteiger partial charge on any atom is 0.255 e. The number of nitrogens with zero attached hydrogens (tertiary/aromatic N) is 2. The van der Waals surface area contributed by atoms with E-state index in [0.717, 1.165) is 42.7 Å². The molecule has 1 aromatic carbocycles. The Kier molecular flexibility index (Phi) is 3.50. The first-order valence-corrected chi connectivity index (χ1v) is 8.35. The van der Waals surface area contributed by atoms with Gasteiger partial charge in [0.25, 0.3) is 5.56 Å². The van der Waals surface area contributed by atoms with Crippen molar-refractivity contribution in [3.63, 3.8) is 0 Å². The highest BCUT2D eigenvalue weighted by Gasteiger charge is 2.37. The molecule has 120 valence electrons. The van der Waals surface area contributed by atoms with Crippen LogP contribution in [0.1, 0.15) is 43.2 Å². The minimum Gasteiger partial charge on any atom is -0.482 e. The van der Waals surface area contributed by atoms with E-state index in [-0.39, 0.29) is 11.2 Å². The van der Waals surface area contributed by atoms with Crippen LogP contribution in [0.4, 0.5) is 0 Å². The molecule has 0 atom stereocenters. The van der Waals surface area contributed by atoms with Gasteiger partial charge in [-0.3, -0.25) is 9.36 Å². The van der Waals surface area contributed by atoms with E-state index in [1.165, 1.54) is 6.42 Å². The number of nitriles is 1. The lowest BCUT2D eigenvalue weighted by atomic mass is 9.81. The lowest BCUT2D eigenvalue weighted by Crippen LogP contribution is -2.39. The molecule has 0 saturated heterocycles. The van der Waals surface area contributed by atoms with Crippen molar-refractivity contribution >= 4 is 5.70 Å². The van der Waals surface area contributed by atoms with Crippen molar-refractivity contribution in [2.24, 2.45) is 0 Å². The molecule has 1 aliphatic heterocycles. The van der Waals surface area contributed by atoms with Crippen LogP contribution in [-0.4, -0.2) is 10.2 Å². The van der Waals surface area contributed by atoms with Crippen LogP contribution in [0.3, 0.4) is 0 Å². The van der Waals surface area contributed by atoms with Crippen molar-refractivity contribution in [1.82, 2.24) is 4.57 Å². The Morgan fingerprint density at radius 1 is 1.12 bits per heavy atom. The summed E-state index contributed by atoms with van der Waals surface area (Å²) in [7, 11) is 0. The third-order valence-electron chi connectivity index (χ3n) is 4.88. The van der Waals surface area contributed by atoms with Gasteiger partial charge in [-0.2, -0.15) is 5.26 Å². The number of aromatic nitrogens is 1. The highest BCUT2D eigenvalue weighted by atomic mass is 16.5. The molecule has 2 heterocycles. The molecule has 1 aromatic heterocycles. The van der Waals surface area contributed by atoms with Crippen molar-refractivity contribution in [2.75, 3.05) is 0 Å². The summed E-state index contributed by atoms with van der Waals surface area (Å²) in [5.74, 6) is 0.754. The molecule has 1 fully saturated rings. The van der Waals surface area contributed by atoms with Crippen molar-refractivity contribution in [3.8, 4) is 11.8 Å². The highest BCUT2D eigenvalue weighted by Crippen LogP contribution is 2.43. The van der Waals surface area contributed by atoms with Gasteiger partial charge in [-0.25, -0.2) is 0 Å². The molecular formula is C20H18N2O2. The van der Waals surface area contributed by atoms with E-state index < -0.39 is 0 Å². The monoisotopic (exact) mass is 318 g/mol. The second kappa shape index (κ2) is 5.68. The van der Waals surface area contributed by atoms with Crippen molar-refractivity contribution in [3.05, 3.63) is 70.2 Å². The first-order chi connectivity index (χ1) is 11.7. The van der Waals surface area contributed by atoms with E-state index in [2.05, 4.69) is 12.1 Å². The zero-order valence-electron chi connectivity index (χ0n) is 13.4. The highest BCUT2D eigenvalue weighted by molar-refractivity contribution is 5.74. The number of rotatable bonds is 1. The number of hydrogen-bond acceptors (Lipinski definition) is 3. The van der Waals surface area contributed by atoms with Gasteiger partial charge in [0, 0.05) is 17.8 Å². The lowest BCUT2D eigenvalue weighted by Gasteiger charge is -2.39. The maximum absolute atomic E-state index is 12.4. The Balaban J connectivity index is 1.94. The molecule has 0 N–H and O–H groups in total.